The van der Waals surface area contributed by atoms with E-state index >= 15 is 0 Å². The number of hydrogen-bond acceptors (Lipinski definition) is 3. The summed E-state index contributed by atoms with van der Waals surface area (Å²) in [4.78, 5) is 16.5. The van der Waals surface area contributed by atoms with Crippen molar-refractivity contribution in [3.8, 4) is 5.69 Å². The summed E-state index contributed by atoms with van der Waals surface area (Å²) in [5.41, 5.74) is 4.31. The first kappa shape index (κ1) is 15.0. The molecule has 2 aromatic heterocycles. The largest absolute Gasteiger partial charge is 0.306 e. The Kier molecular flexibility index (Phi) is 3.93. The summed E-state index contributed by atoms with van der Waals surface area (Å²) in [7, 11) is 0. The van der Waals surface area contributed by atoms with E-state index in [0.29, 0.717) is 11.4 Å². The van der Waals surface area contributed by atoms with Crippen LogP contribution >= 0.6 is 0 Å². The standard InChI is InChI=1S/C18H18N4O/c1-12-4-8-16(9-5-12)22-17(10-14(3)21-22)20-18(23)15-7-6-13(2)19-11-15/h4-11H,1-3H3,(H,20,23). The van der Waals surface area contributed by atoms with E-state index < -0.39 is 0 Å². The summed E-state index contributed by atoms with van der Waals surface area (Å²) >= 11 is 0. The van der Waals surface area contributed by atoms with Crippen molar-refractivity contribution < 1.29 is 4.79 Å². The Bertz CT molecular complexity index is 832. The van der Waals surface area contributed by atoms with Crippen LogP contribution in [0, 0.1) is 20.8 Å². The highest BCUT2D eigenvalue weighted by molar-refractivity contribution is 6.03. The molecule has 0 saturated heterocycles. The van der Waals surface area contributed by atoms with E-state index in [4.69, 9.17) is 0 Å². The Balaban J connectivity index is 1.90. The van der Waals surface area contributed by atoms with Gasteiger partial charge in [0, 0.05) is 18.0 Å². The Morgan fingerprint density at radius 3 is 2.39 bits per heavy atom. The number of benzene rings is 1. The van der Waals surface area contributed by atoms with Gasteiger partial charge in [-0.15, -0.1) is 0 Å². The van der Waals surface area contributed by atoms with Crippen LogP contribution in [-0.2, 0) is 0 Å². The lowest BCUT2D eigenvalue weighted by Crippen LogP contribution is -2.15. The summed E-state index contributed by atoms with van der Waals surface area (Å²) in [6.07, 6.45) is 1.57. The van der Waals surface area contributed by atoms with Gasteiger partial charge in [-0.3, -0.25) is 9.78 Å². The average molecular weight is 306 g/mol. The van der Waals surface area contributed by atoms with E-state index in [2.05, 4.69) is 15.4 Å². The first-order valence-corrected chi connectivity index (χ1v) is 7.40. The second kappa shape index (κ2) is 6.04. The molecule has 0 aliphatic rings. The molecule has 0 atom stereocenters. The fraction of sp³-hybridized carbons (Fsp3) is 0.167. The minimum absolute atomic E-state index is 0.203. The van der Waals surface area contributed by atoms with Crippen LogP contribution in [0.2, 0.25) is 0 Å². The van der Waals surface area contributed by atoms with E-state index in [1.165, 1.54) is 5.56 Å². The number of amides is 1. The highest BCUT2D eigenvalue weighted by Gasteiger charge is 2.12. The molecule has 3 rings (SSSR count). The fourth-order valence-corrected chi connectivity index (χ4v) is 2.26. The van der Waals surface area contributed by atoms with Crippen LogP contribution in [-0.4, -0.2) is 20.7 Å². The topological polar surface area (TPSA) is 59.8 Å². The molecule has 0 unspecified atom stereocenters. The van der Waals surface area contributed by atoms with Crippen molar-refractivity contribution in [1.29, 1.82) is 0 Å². The Morgan fingerprint density at radius 1 is 1.00 bits per heavy atom. The van der Waals surface area contributed by atoms with Gasteiger partial charge in [-0.2, -0.15) is 5.10 Å². The van der Waals surface area contributed by atoms with Crippen molar-refractivity contribution >= 4 is 11.7 Å². The van der Waals surface area contributed by atoms with E-state index in [-0.39, 0.29) is 5.91 Å². The molecule has 0 radical (unpaired) electrons. The lowest BCUT2D eigenvalue weighted by Gasteiger charge is -2.09. The van der Waals surface area contributed by atoms with Crippen molar-refractivity contribution in [3.63, 3.8) is 0 Å². The molecule has 1 amide bonds. The molecule has 5 heteroatoms. The molecule has 0 fully saturated rings. The lowest BCUT2D eigenvalue weighted by molar-refractivity contribution is 0.102. The smallest absolute Gasteiger partial charge is 0.258 e. The molecule has 1 aromatic carbocycles. The number of aromatic nitrogens is 3. The van der Waals surface area contributed by atoms with Crippen molar-refractivity contribution in [2.24, 2.45) is 0 Å². The van der Waals surface area contributed by atoms with Crippen LogP contribution in [0.3, 0.4) is 0 Å². The van der Waals surface area contributed by atoms with Gasteiger partial charge in [0.15, 0.2) is 0 Å². The second-order valence-electron chi connectivity index (χ2n) is 5.56. The highest BCUT2D eigenvalue weighted by Crippen LogP contribution is 2.18. The number of nitrogens with zero attached hydrogens (tertiary/aromatic N) is 3. The van der Waals surface area contributed by atoms with Crippen LogP contribution in [0.25, 0.3) is 5.69 Å². The third kappa shape index (κ3) is 3.29. The minimum Gasteiger partial charge on any atom is -0.306 e. The normalized spacial score (nSPS) is 10.6. The van der Waals surface area contributed by atoms with E-state index in [1.807, 2.05) is 57.2 Å². The predicted molar refractivity (Wildman–Crippen MR) is 90.0 cm³/mol. The van der Waals surface area contributed by atoms with Crippen LogP contribution in [0.5, 0.6) is 0 Å². The maximum Gasteiger partial charge on any atom is 0.258 e. The highest BCUT2D eigenvalue weighted by atomic mass is 16.1. The maximum atomic E-state index is 12.4. The summed E-state index contributed by atoms with van der Waals surface area (Å²) in [6, 6.07) is 13.4. The number of carbonyl (C=O) groups is 1. The molecule has 0 saturated carbocycles. The Labute approximate surface area is 135 Å². The fourth-order valence-electron chi connectivity index (χ4n) is 2.26. The van der Waals surface area contributed by atoms with Gasteiger partial charge in [0.2, 0.25) is 0 Å². The van der Waals surface area contributed by atoms with Crippen molar-refractivity contribution in [3.05, 3.63) is 71.2 Å². The molecule has 3 aromatic rings. The summed E-state index contributed by atoms with van der Waals surface area (Å²) in [5, 5.41) is 7.36. The molecule has 116 valence electrons. The van der Waals surface area contributed by atoms with Gasteiger partial charge in [0.1, 0.15) is 5.82 Å². The average Bonchev–Trinajstić information content (AvgIpc) is 2.89. The maximum absolute atomic E-state index is 12.4. The molecular formula is C18H18N4O. The van der Waals surface area contributed by atoms with E-state index in [9.17, 15) is 4.79 Å². The van der Waals surface area contributed by atoms with Gasteiger partial charge in [-0.05, 0) is 45.0 Å². The van der Waals surface area contributed by atoms with Gasteiger partial charge < -0.3 is 5.32 Å². The molecule has 0 spiro atoms. The molecule has 5 nitrogen and oxygen atoms in total. The number of rotatable bonds is 3. The zero-order chi connectivity index (χ0) is 16.4. The summed E-state index contributed by atoms with van der Waals surface area (Å²) in [6.45, 7) is 5.82. The summed E-state index contributed by atoms with van der Waals surface area (Å²) in [5.74, 6) is 0.433. The molecule has 0 aliphatic carbocycles. The first-order chi connectivity index (χ1) is 11.0. The lowest BCUT2D eigenvalue weighted by atomic mass is 10.2. The van der Waals surface area contributed by atoms with Gasteiger partial charge in [-0.1, -0.05) is 17.7 Å². The van der Waals surface area contributed by atoms with Gasteiger partial charge in [0.25, 0.3) is 5.91 Å². The molecule has 23 heavy (non-hydrogen) atoms. The van der Waals surface area contributed by atoms with Crippen molar-refractivity contribution in [2.45, 2.75) is 20.8 Å². The molecule has 1 N–H and O–H groups in total. The zero-order valence-corrected chi connectivity index (χ0v) is 13.4. The quantitative estimate of drug-likeness (QED) is 0.806. The van der Waals surface area contributed by atoms with Crippen molar-refractivity contribution in [2.75, 3.05) is 5.32 Å². The number of nitrogens with one attached hydrogen (secondary N) is 1. The zero-order valence-electron chi connectivity index (χ0n) is 13.4. The van der Waals surface area contributed by atoms with Crippen LogP contribution in [0.1, 0.15) is 27.3 Å². The Hall–Kier alpha value is -2.95. The SMILES string of the molecule is Cc1ccc(-n2nc(C)cc2NC(=O)c2ccc(C)nc2)cc1. The van der Waals surface area contributed by atoms with Crippen LogP contribution in [0.4, 0.5) is 5.82 Å². The van der Waals surface area contributed by atoms with Crippen LogP contribution in [0.15, 0.2) is 48.7 Å². The molecular weight excluding hydrogens is 288 g/mol. The van der Waals surface area contributed by atoms with Crippen molar-refractivity contribution in [1.82, 2.24) is 14.8 Å². The van der Waals surface area contributed by atoms with E-state index in [0.717, 1.165) is 17.1 Å². The van der Waals surface area contributed by atoms with E-state index in [1.54, 1.807) is 16.9 Å². The molecule has 0 aliphatic heterocycles. The number of aryl methyl sites for hydroxylation is 3. The van der Waals surface area contributed by atoms with Crippen LogP contribution < -0.4 is 5.32 Å². The second-order valence-corrected chi connectivity index (χ2v) is 5.56. The van der Waals surface area contributed by atoms with Gasteiger partial charge >= 0.3 is 0 Å². The molecule has 2 heterocycles. The number of carbonyl (C=O) groups excluding carboxylic acids is 1. The summed E-state index contributed by atoms with van der Waals surface area (Å²) < 4.78 is 1.73. The predicted octanol–water partition coefficient (Wildman–Crippen LogP) is 3.44. The number of anilines is 1. The molecule has 0 bridgehead atoms. The third-order valence-corrected chi connectivity index (χ3v) is 3.53. The van der Waals surface area contributed by atoms with Gasteiger partial charge in [0.05, 0.1) is 16.9 Å². The van der Waals surface area contributed by atoms with Gasteiger partial charge in [-0.25, -0.2) is 4.68 Å². The first-order valence-electron chi connectivity index (χ1n) is 7.40. The monoisotopic (exact) mass is 306 g/mol. The Morgan fingerprint density at radius 2 is 1.74 bits per heavy atom. The third-order valence-electron chi connectivity index (χ3n) is 3.53. The number of hydrogen-bond donors (Lipinski definition) is 1. The number of pyridine rings is 1. The minimum atomic E-state index is -0.203.